The standard InChI is InChI=1S/C15H18N2O4/c18-12-5-6-14(17(20)21)13(7-12)15(19)16(8-10-1-2-10)9-11-3-4-11/h5-7,10-11,18H,1-4,8-9H2. The number of benzene rings is 1. The summed E-state index contributed by atoms with van der Waals surface area (Å²) in [7, 11) is 0. The Labute approximate surface area is 122 Å². The van der Waals surface area contributed by atoms with Crippen LogP contribution in [0.3, 0.4) is 0 Å². The molecule has 1 N–H and O–H groups in total. The van der Waals surface area contributed by atoms with Gasteiger partial charge in [0.05, 0.1) is 4.92 Å². The minimum absolute atomic E-state index is 0.0127. The molecule has 3 rings (SSSR count). The number of aromatic hydroxyl groups is 1. The molecule has 0 radical (unpaired) electrons. The van der Waals surface area contributed by atoms with Crippen molar-refractivity contribution in [3.8, 4) is 5.75 Å². The summed E-state index contributed by atoms with van der Waals surface area (Å²) in [5.74, 6) is 0.603. The average Bonchev–Trinajstić information content (AvgIpc) is 3.32. The first-order valence-electron chi connectivity index (χ1n) is 7.31. The lowest BCUT2D eigenvalue weighted by Gasteiger charge is -2.22. The van der Waals surface area contributed by atoms with E-state index in [2.05, 4.69) is 0 Å². The van der Waals surface area contributed by atoms with Gasteiger partial charge in [-0.25, -0.2) is 0 Å². The fourth-order valence-electron chi connectivity index (χ4n) is 2.49. The third-order valence-corrected chi connectivity index (χ3v) is 4.05. The number of nitro groups is 1. The lowest BCUT2D eigenvalue weighted by Crippen LogP contribution is -2.35. The zero-order valence-electron chi connectivity index (χ0n) is 11.7. The molecule has 2 aliphatic rings. The summed E-state index contributed by atoms with van der Waals surface area (Å²) >= 11 is 0. The summed E-state index contributed by atoms with van der Waals surface area (Å²) in [4.78, 5) is 24.9. The van der Waals surface area contributed by atoms with E-state index in [9.17, 15) is 20.0 Å². The number of hydrogen-bond donors (Lipinski definition) is 1. The summed E-state index contributed by atoms with van der Waals surface area (Å²) in [6, 6.07) is 3.63. The Morgan fingerprint density at radius 3 is 2.29 bits per heavy atom. The number of phenols is 1. The topological polar surface area (TPSA) is 83.7 Å². The lowest BCUT2D eigenvalue weighted by atomic mass is 10.1. The Morgan fingerprint density at radius 2 is 1.81 bits per heavy atom. The normalized spacial score (nSPS) is 17.5. The van der Waals surface area contributed by atoms with Crippen molar-refractivity contribution < 1.29 is 14.8 Å². The third-order valence-electron chi connectivity index (χ3n) is 4.05. The number of phenolic OH excluding ortho intramolecular Hbond substituents is 1. The van der Waals surface area contributed by atoms with Gasteiger partial charge in [-0.15, -0.1) is 0 Å². The molecular weight excluding hydrogens is 272 g/mol. The lowest BCUT2D eigenvalue weighted by molar-refractivity contribution is -0.385. The molecule has 6 heteroatoms. The highest BCUT2D eigenvalue weighted by Crippen LogP contribution is 2.35. The molecule has 6 nitrogen and oxygen atoms in total. The number of nitrogens with zero attached hydrogens (tertiary/aromatic N) is 2. The van der Waals surface area contributed by atoms with Gasteiger partial charge in [-0.1, -0.05) is 0 Å². The molecule has 0 saturated heterocycles. The van der Waals surface area contributed by atoms with Gasteiger partial charge in [0, 0.05) is 19.2 Å². The van der Waals surface area contributed by atoms with Crippen LogP contribution in [0, 0.1) is 22.0 Å². The molecule has 1 amide bonds. The zero-order valence-corrected chi connectivity index (χ0v) is 11.7. The molecule has 0 bridgehead atoms. The third kappa shape index (κ3) is 3.32. The summed E-state index contributed by atoms with van der Waals surface area (Å²) < 4.78 is 0. The first-order valence-corrected chi connectivity index (χ1v) is 7.31. The predicted octanol–water partition coefficient (Wildman–Crippen LogP) is 2.56. The number of nitro benzene ring substituents is 1. The van der Waals surface area contributed by atoms with E-state index in [4.69, 9.17) is 0 Å². The molecule has 0 unspecified atom stereocenters. The SMILES string of the molecule is O=C(c1cc(O)ccc1[N+](=O)[O-])N(CC1CC1)CC1CC1. The Kier molecular flexibility index (Phi) is 3.53. The maximum absolute atomic E-state index is 12.7. The Hall–Kier alpha value is -2.11. The molecule has 2 aliphatic carbocycles. The fourth-order valence-corrected chi connectivity index (χ4v) is 2.49. The molecule has 0 aliphatic heterocycles. The van der Waals surface area contributed by atoms with E-state index in [1.165, 1.54) is 18.2 Å². The fraction of sp³-hybridized carbons (Fsp3) is 0.533. The molecule has 1 aromatic carbocycles. The predicted molar refractivity (Wildman–Crippen MR) is 76.1 cm³/mol. The molecule has 0 heterocycles. The van der Waals surface area contributed by atoms with Gasteiger partial charge in [-0.05, 0) is 49.7 Å². The van der Waals surface area contributed by atoms with Gasteiger partial charge in [-0.3, -0.25) is 14.9 Å². The molecule has 1 aromatic rings. The van der Waals surface area contributed by atoms with Gasteiger partial charge in [0.1, 0.15) is 11.3 Å². The van der Waals surface area contributed by atoms with Crippen LogP contribution in [0.2, 0.25) is 0 Å². The second kappa shape index (κ2) is 5.35. The van der Waals surface area contributed by atoms with E-state index in [0.29, 0.717) is 24.9 Å². The molecule has 0 atom stereocenters. The molecular formula is C15H18N2O4. The van der Waals surface area contributed by atoms with Crippen molar-refractivity contribution in [2.75, 3.05) is 13.1 Å². The van der Waals surface area contributed by atoms with Gasteiger partial charge in [0.25, 0.3) is 11.6 Å². The van der Waals surface area contributed by atoms with Crippen molar-refractivity contribution in [1.29, 1.82) is 0 Å². The molecule has 2 fully saturated rings. The quantitative estimate of drug-likeness (QED) is 0.644. The Bertz CT molecular complexity index is 565. The number of carbonyl (C=O) groups excluding carboxylic acids is 1. The molecule has 21 heavy (non-hydrogen) atoms. The summed E-state index contributed by atoms with van der Waals surface area (Å²) in [5, 5.41) is 20.6. The Balaban J connectivity index is 1.86. The number of rotatable bonds is 6. The Morgan fingerprint density at radius 1 is 1.24 bits per heavy atom. The molecule has 0 spiro atoms. The summed E-state index contributed by atoms with van der Waals surface area (Å²) in [6.45, 7) is 1.34. The van der Waals surface area contributed by atoms with Crippen LogP contribution >= 0.6 is 0 Å². The van der Waals surface area contributed by atoms with Crippen molar-refractivity contribution in [3.63, 3.8) is 0 Å². The van der Waals surface area contributed by atoms with Crippen molar-refractivity contribution in [1.82, 2.24) is 4.90 Å². The number of hydrogen-bond acceptors (Lipinski definition) is 4. The minimum atomic E-state index is -0.570. The smallest absolute Gasteiger partial charge is 0.282 e. The van der Waals surface area contributed by atoms with Crippen LogP contribution in [0.25, 0.3) is 0 Å². The van der Waals surface area contributed by atoms with E-state index >= 15 is 0 Å². The highest BCUT2D eigenvalue weighted by atomic mass is 16.6. The summed E-state index contributed by atoms with van der Waals surface area (Å²) in [6.07, 6.45) is 4.49. The van der Waals surface area contributed by atoms with E-state index in [0.717, 1.165) is 25.7 Å². The van der Waals surface area contributed by atoms with Crippen molar-refractivity contribution >= 4 is 11.6 Å². The first kappa shape index (κ1) is 13.9. The van der Waals surface area contributed by atoms with Gasteiger partial charge in [0.2, 0.25) is 0 Å². The van der Waals surface area contributed by atoms with Crippen molar-refractivity contribution in [2.24, 2.45) is 11.8 Å². The monoisotopic (exact) mass is 290 g/mol. The maximum atomic E-state index is 12.7. The van der Waals surface area contributed by atoms with Crippen LogP contribution in [0.1, 0.15) is 36.0 Å². The second-order valence-electron chi connectivity index (χ2n) is 6.06. The number of amides is 1. The number of carbonyl (C=O) groups is 1. The summed E-state index contributed by atoms with van der Waals surface area (Å²) in [5.41, 5.74) is -0.254. The van der Waals surface area contributed by atoms with Crippen LogP contribution < -0.4 is 0 Å². The van der Waals surface area contributed by atoms with E-state index in [-0.39, 0.29) is 22.9 Å². The first-order chi connectivity index (χ1) is 10.0. The van der Waals surface area contributed by atoms with Crippen LogP contribution in [0.15, 0.2) is 18.2 Å². The molecule has 0 aromatic heterocycles. The van der Waals surface area contributed by atoms with Crippen molar-refractivity contribution in [2.45, 2.75) is 25.7 Å². The highest BCUT2D eigenvalue weighted by molar-refractivity contribution is 5.98. The van der Waals surface area contributed by atoms with E-state index in [1.807, 2.05) is 0 Å². The van der Waals surface area contributed by atoms with Crippen LogP contribution in [0.4, 0.5) is 5.69 Å². The van der Waals surface area contributed by atoms with Crippen LogP contribution in [0.5, 0.6) is 5.75 Å². The minimum Gasteiger partial charge on any atom is -0.508 e. The van der Waals surface area contributed by atoms with Gasteiger partial charge >= 0.3 is 0 Å². The maximum Gasteiger partial charge on any atom is 0.282 e. The van der Waals surface area contributed by atoms with E-state index < -0.39 is 4.92 Å². The van der Waals surface area contributed by atoms with Gasteiger partial charge < -0.3 is 10.0 Å². The van der Waals surface area contributed by atoms with Crippen LogP contribution in [-0.2, 0) is 0 Å². The molecule has 2 saturated carbocycles. The average molecular weight is 290 g/mol. The highest BCUT2D eigenvalue weighted by Gasteiger charge is 2.34. The molecule has 112 valence electrons. The van der Waals surface area contributed by atoms with Gasteiger partial charge in [0.15, 0.2) is 0 Å². The zero-order chi connectivity index (χ0) is 15.0. The largest absolute Gasteiger partial charge is 0.508 e. The van der Waals surface area contributed by atoms with Crippen LogP contribution in [-0.4, -0.2) is 33.9 Å². The van der Waals surface area contributed by atoms with Crippen molar-refractivity contribution in [3.05, 3.63) is 33.9 Å². The van der Waals surface area contributed by atoms with Gasteiger partial charge in [-0.2, -0.15) is 0 Å². The second-order valence-corrected chi connectivity index (χ2v) is 6.06. The van der Waals surface area contributed by atoms with E-state index in [1.54, 1.807) is 4.90 Å².